The molecule has 22 heavy (non-hydrogen) atoms. The first-order chi connectivity index (χ1) is 10.8. The van der Waals surface area contributed by atoms with Crippen molar-refractivity contribution in [3.63, 3.8) is 0 Å². The summed E-state index contributed by atoms with van der Waals surface area (Å²) in [5.74, 6) is 0.0562. The van der Waals surface area contributed by atoms with Gasteiger partial charge in [0.25, 0.3) is 5.91 Å². The second kappa shape index (κ2) is 6.77. The molecule has 1 aliphatic rings. The average molecular weight is 297 g/mol. The molecule has 0 bridgehead atoms. The number of hydrogen-bond acceptors (Lipinski definition) is 2. The van der Waals surface area contributed by atoms with E-state index in [0.717, 1.165) is 42.6 Å². The lowest BCUT2D eigenvalue weighted by molar-refractivity contribution is 0.0928. The number of aromatic nitrogens is 2. The third kappa shape index (κ3) is 3.21. The first-order valence-corrected chi connectivity index (χ1v) is 8.19. The van der Waals surface area contributed by atoms with Crippen LogP contribution in [0.3, 0.4) is 0 Å². The van der Waals surface area contributed by atoms with Crippen molar-refractivity contribution >= 4 is 5.91 Å². The van der Waals surface area contributed by atoms with Gasteiger partial charge in [-0.2, -0.15) is 0 Å². The number of hydrogen-bond donors (Lipinski definition) is 1. The van der Waals surface area contributed by atoms with Gasteiger partial charge in [0.15, 0.2) is 0 Å². The van der Waals surface area contributed by atoms with Crippen molar-refractivity contribution < 1.29 is 4.79 Å². The molecule has 4 nitrogen and oxygen atoms in total. The molecular formula is C18H23N3O. The van der Waals surface area contributed by atoms with E-state index < -0.39 is 0 Å². The van der Waals surface area contributed by atoms with Crippen molar-refractivity contribution in [1.29, 1.82) is 0 Å². The molecule has 4 heteroatoms. The SMILES string of the molecule is CCCn1cc(-c2ccncc2)cc1C(=O)NC1CCCC1. The Hall–Kier alpha value is -2.10. The predicted octanol–water partition coefficient (Wildman–Crippen LogP) is 3.63. The second-order valence-corrected chi connectivity index (χ2v) is 6.00. The van der Waals surface area contributed by atoms with Crippen LogP contribution in [-0.4, -0.2) is 21.5 Å². The lowest BCUT2D eigenvalue weighted by Gasteiger charge is -2.13. The third-order valence-corrected chi connectivity index (χ3v) is 4.30. The fourth-order valence-corrected chi connectivity index (χ4v) is 3.16. The number of nitrogens with one attached hydrogen (secondary N) is 1. The standard InChI is InChI=1S/C18H23N3O/c1-2-11-21-13-15(14-7-9-19-10-8-14)12-17(21)18(22)20-16-5-3-4-6-16/h7-10,12-13,16H,2-6,11H2,1H3,(H,20,22). The van der Waals surface area contributed by atoms with Crippen LogP contribution in [0.15, 0.2) is 36.8 Å². The fraction of sp³-hybridized carbons (Fsp3) is 0.444. The number of amides is 1. The van der Waals surface area contributed by atoms with Gasteiger partial charge in [0.05, 0.1) is 0 Å². The van der Waals surface area contributed by atoms with Crippen LogP contribution in [0.5, 0.6) is 0 Å². The molecule has 2 heterocycles. The van der Waals surface area contributed by atoms with Gasteiger partial charge < -0.3 is 9.88 Å². The number of nitrogens with zero attached hydrogens (tertiary/aromatic N) is 2. The molecule has 2 aromatic heterocycles. The van der Waals surface area contributed by atoms with Crippen molar-refractivity contribution in [3.8, 4) is 11.1 Å². The summed E-state index contributed by atoms with van der Waals surface area (Å²) in [6, 6.07) is 6.30. The van der Waals surface area contributed by atoms with Gasteiger partial charge in [-0.3, -0.25) is 9.78 Å². The van der Waals surface area contributed by atoms with E-state index in [9.17, 15) is 4.79 Å². The highest BCUT2D eigenvalue weighted by molar-refractivity contribution is 5.94. The van der Waals surface area contributed by atoms with Crippen molar-refractivity contribution in [2.45, 2.75) is 51.6 Å². The van der Waals surface area contributed by atoms with Gasteiger partial charge >= 0.3 is 0 Å². The summed E-state index contributed by atoms with van der Waals surface area (Å²) in [7, 11) is 0. The monoisotopic (exact) mass is 297 g/mol. The van der Waals surface area contributed by atoms with E-state index in [-0.39, 0.29) is 5.91 Å². The molecule has 0 atom stereocenters. The summed E-state index contributed by atoms with van der Waals surface area (Å²) >= 11 is 0. The minimum atomic E-state index is 0.0562. The minimum Gasteiger partial charge on any atom is -0.348 e. The largest absolute Gasteiger partial charge is 0.348 e. The molecule has 1 amide bonds. The molecule has 3 rings (SSSR count). The summed E-state index contributed by atoms with van der Waals surface area (Å²) in [5, 5.41) is 3.19. The molecule has 116 valence electrons. The maximum Gasteiger partial charge on any atom is 0.268 e. The molecule has 1 fully saturated rings. The molecule has 0 spiro atoms. The lowest BCUT2D eigenvalue weighted by Crippen LogP contribution is -2.33. The minimum absolute atomic E-state index is 0.0562. The lowest BCUT2D eigenvalue weighted by atomic mass is 10.1. The number of carbonyl (C=O) groups is 1. The molecule has 2 aromatic rings. The first kappa shape index (κ1) is 14.8. The average Bonchev–Trinajstić information content (AvgIpc) is 3.18. The van der Waals surface area contributed by atoms with Crippen LogP contribution < -0.4 is 5.32 Å². The molecule has 0 unspecified atom stereocenters. The topological polar surface area (TPSA) is 46.9 Å². The van der Waals surface area contributed by atoms with Crippen LogP contribution >= 0.6 is 0 Å². The maximum absolute atomic E-state index is 12.6. The van der Waals surface area contributed by atoms with E-state index >= 15 is 0 Å². The van der Waals surface area contributed by atoms with Gasteiger partial charge in [0, 0.05) is 36.7 Å². The summed E-state index contributed by atoms with van der Waals surface area (Å²) in [5.41, 5.74) is 2.94. The highest BCUT2D eigenvalue weighted by atomic mass is 16.2. The van der Waals surface area contributed by atoms with Gasteiger partial charge in [0.1, 0.15) is 5.69 Å². The molecule has 0 aromatic carbocycles. The normalized spacial score (nSPS) is 15.1. The van der Waals surface area contributed by atoms with E-state index in [0.29, 0.717) is 6.04 Å². The Balaban J connectivity index is 1.85. The van der Waals surface area contributed by atoms with E-state index in [4.69, 9.17) is 0 Å². The number of rotatable bonds is 5. The smallest absolute Gasteiger partial charge is 0.268 e. The highest BCUT2D eigenvalue weighted by Crippen LogP contribution is 2.23. The van der Waals surface area contributed by atoms with Crippen LogP contribution in [0.1, 0.15) is 49.5 Å². The van der Waals surface area contributed by atoms with Crippen LogP contribution in [0.4, 0.5) is 0 Å². The van der Waals surface area contributed by atoms with E-state index in [2.05, 4.69) is 28.0 Å². The summed E-state index contributed by atoms with van der Waals surface area (Å²) < 4.78 is 2.07. The highest BCUT2D eigenvalue weighted by Gasteiger charge is 2.20. The van der Waals surface area contributed by atoms with E-state index in [1.807, 2.05) is 18.2 Å². The summed E-state index contributed by atoms with van der Waals surface area (Å²) in [6.45, 7) is 2.99. The maximum atomic E-state index is 12.6. The third-order valence-electron chi connectivity index (χ3n) is 4.30. The molecule has 1 N–H and O–H groups in total. The van der Waals surface area contributed by atoms with E-state index in [1.54, 1.807) is 12.4 Å². The quantitative estimate of drug-likeness (QED) is 0.916. The van der Waals surface area contributed by atoms with Crippen molar-refractivity contribution in [3.05, 3.63) is 42.5 Å². The molecule has 1 saturated carbocycles. The summed E-state index contributed by atoms with van der Waals surface area (Å²) in [4.78, 5) is 16.7. The van der Waals surface area contributed by atoms with E-state index in [1.165, 1.54) is 12.8 Å². The Morgan fingerprint density at radius 3 is 2.68 bits per heavy atom. The molecule has 0 saturated heterocycles. The molecule has 0 aliphatic heterocycles. The van der Waals surface area contributed by atoms with Gasteiger partial charge in [0.2, 0.25) is 0 Å². The zero-order valence-corrected chi connectivity index (χ0v) is 13.1. The Morgan fingerprint density at radius 1 is 1.27 bits per heavy atom. The van der Waals surface area contributed by atoms with Gasteiger partial charge in [-0.15, -0.1) is 0 Å². The van der Waals surface area contributed by atoms with Gasteiger partial charge in [-0.25, -0.2) is 0 Å². The second-order valence-electron chi connectivity index (χ2n) is 6.00. The van der Waals surface area contributed by atoms with Crippen LogP contribution in [0.25, 0.3) is 11.1 Å². The van der Waals surface area contributed by atoms with Gasteiger partial charge in [-0.1, -0.05) is 19.8 Å². The first-order valence-electron chi connectivity index (χ1n) is 8.19. The Bertz CT molecular complexity index is 627. The van der Waals surface area contributed by atoms with Gasteiger partial charge in [-0.05, 0) is 43.0 Å². The summed E-state index contributed by atoms with van der Waals surface area (Å²) in [6.07, 6.45) is 11.3. The van der Waals surface area contributed by atoms with Crippen molar-refractivity contribution in [1.82, 2.24) is 14.9 Å². The zero-order chi connectivity index (χ0) is 15.4. The zero-order valence-electron chi connectivity index (χ0n) is 13.1. The number of carbonyl (C=O) groups excluding carboxylic acids is 1. The molecular weight excluding hydrogens is 274 g/mol. The molecule has 0 radical (unpaired) electrons. The molecule has 1 aliphatic carbocycles. The number of aryl methyl sites for hydroxylation is 1. The van der Waals surface area contributed by atoms with Crippen molar-refractivity contribution in [2.24, 2.45) is 0 Å². The van der Waals surface area contributed by atoms with Crippen LogP contribution in [0.2, 0.25) is 0 Å². The van der Waals surface area contributed by atoms with Crippen LogP contribution in [0, 0.1) is 0 Å². The predicted molar refractivity (Wildman–Crippen MR) is 87.7 cm³/mol. The number of pyridine rings is 1. The van der Waals surface area contributed by atoms with Crippen LogP contribution in [-0.2, 0) is 6.54 Å². The fourth-order valence-electron chi connectivity index (χ4n) is 3.16. The Morgan fingerprint density at radius 2 is 2.00 bits per heavy atom. The Labute approximate surface area is 131 Å². The van der Waals surface area contributed by atoms with Crippen molar-refractivity contribution in [2.75, 3.05) is 0 Å². The Kier molecular flexibility index (Phi) is 4.56.